The van der Waals surface area contributed by atoms with E-state index in [9.17, 15) is 18.0 Å². The number of nitrogens with one attached hydrogen (secondary N) is 1. The monoisotopic (exact) mass is 466 g/mol. The van der Waals surface area contributed by atoms with Crippen LogP contribution >= 0.6 is 0 Å². The molecule has 0 atom stereocenters. The minimum absolute atomic E-state index is 0.0208. The van der Waals surface area contributed by atoms with Crippen LogP contribution in [-0.4, -0.2) is 66.6 Å². The van der Waals surface area contributed by atoms with Gasteiger partial charge in [-0.2, -0.15) is 4.31 Å². The number of anilines is 1. The quantitative estimate of drug-likeness (QED) is 0.558. The summed E-state index contributed by atoms with van der Waals surface area (Å²) in [5.74, 6) is -0.298. The zero-order chi connectivity index (χ0) is 24.1. The van der Waals surface area contributed by atoms with Gasteiger partial charge in [-0.15, -0.1) is 0 Å². The van der Waals surface area contributed by atoms with Crippen LogP contribution in [0, 0.1) is 6.92 Å². The van der Waals surface area contributed by atoms with Gasteiger partial charge in [0.15, 0.2) is 11.5 Å². The number of esters is 1. The van der Waals surface area contributed by atoms with Crippen molar-refractivity contribution in [1.82, 2.24) is 4.31 Å². The van der Waals surface area contributed by atoms with Gasteiger partial charge < -0.3 is 24.3 Å². The van der Waals surface area contributed by atoms with Crippen molar-refractivity contribution in [2.75, 3.05) is 47.3 Å². The molecule has 174 valence electrons. The van der Waals surface area contributed by atoms with Crippen molar-refractivity contribution in [1.29, 1.82) is 0 Å². The molecule has 0 aliphatic heterocycles. The molecule has 0 bridgehead atoms. The Kier molecular flexibility index (Phi) is 8.06. The Morgan fingerprint density at radius 1 is 0.938 bits per heavy atom. The Bertz CT molecular complexity index is 1120. The second-order valence-electron chi connectivity index (χ2n) is 6.69. The second kappa shape index (κ2) is 10.3. The number of nitrogens with zero attached hydrogens (tertiary/aromatic N) is 1. The van der Waals surface area contributed by atoms with E-state index in [1.54, 1.807) is 13.0 Å². The van der Waals surface area contributed by atoms with Gasteiger partial charge in [-0.1, -0.05) is 0 Å². The summed E-state index contributed by atoms with van der Waals surface area (Å²) >= 11 is 0. The van der Waals surface area contributed by atoms with Crippen LogP contribution in [0.15, 0.2) is 35.2 Å². The third-order valence-corrected chi connectivity index (χ3v) is 6.44. The molecule has 0 aliphatic rings. The molecule has 2 aromatic rings. The fourth-order valence-corrected chi connectivity index (χ4v) is 4.14. The molecule has 0 saturated heterocycles. The number of hydrogen-bond acceptors (Lipinski definition) is 8. The molecule has 2 rings (SSSR count). The van der Waals surface area contributed by atoms with Crippen molar-refractivity contribution in [2.24, 2.45) is 0 Å². The first kappa shape index (κ1) is 25.0. The van der Waals surface area contributed by atoms with Gasteiger partial charge in [0.05, 0.1) is 51.1 Å². The fourth-order valence-electron chi connectivity index (χ4n) is 2.93. The summed E-state index contributed by atoms with van der Waals surface area (Å²) in [5, 5.41) is 2.53. The normalized spacial score (nSPS) is 11.1. The molecule has 10 nitrogen and oxygen atoms in total. The van der Waals surface area contributed by atoms with Crippen LogP contribution < -0.4 is 19.5 Å². The summed E-state index contributed by atoms with van der Waals surface area (Å²) < 4.78 is 46.9. The van der Waals surface area contributed by atoms with E-state index in [-0.39, 0.29) is 27.6 Å². The molecule has 0 aromatic heterocycles. The summed E-state index contributed by atoms with van der Waals surface area (Å²) in [6.45, 7) is 1.22. The zero-order valence-electron chi connectivity index (χ0n) is 18.7. The Morgan fingerprint density at radius 3 is 2.06 bits per heavy atom. The van der Waals surface area contributed by atoms with E-state index in [4.69, 9.17) is 18.9 Å². The van der Waals surface area contributed by atoms with Gasteiger partial charge in [0.2, 0.25) is 15.9 Å². The van der Waals surface area contributed by atoms with Crippen molar-refractivity contribution >= 4 is 27.6 Å². The van der Waals surface area contributed by atoms with Crippen molar-refractivity contribution in [3.05, 3.63) is 41.5 Å². The molecule has 0 unspecified atom stereocenters. The highest BCUT2D eigenvalue weighted by atomic mass is 32.2. The van der Waals surface area contributed by atoms with E-state index in [0.29, 0.717) is 11.3 Å². The fraction of sp³-hybridized carbons (Fsp3) is 0.333. The minimum atomic E-state index is -3.95. The zero-order valence-corrected chi connectivity index (χ0v) is 19.5. The molecule has 11 heteroatoms. The smallest absolute Gasteiger partial charge is 0.340 e. The van der Waals surface area contributed by atoms with Gasteiger partial charge in [-0.05, 0) is 30.7 Å². The van der Waals surface area contributed by atoms with E-state index >= 15 is 0 Å². The molecule has 1 N–H and O–H groups in total. The lowest BCUT2D eigenvalue weighted by atomic mass is 10.1. The maximum Gasteiger partial charge on any atom is 0.340 e. The number of sulfonamides is 1. The van der Waals surface area contributed by atoms with Crippen LogP contribution in [0.25, 0.3) is 0 Å². The lowest BCUT2D eigenvalue weighted by Gasteiger charge is -2.19. The molecule has 2 aromatic carbocycles. The highest BCUT2D eigenvalue weighted by molar-refractivity contribution is 7.89. The summed E-state index contributed by atoms with van der Waals surface area (Å²) in [6, 6.07) is 7.17. The molecule has 0 radical (unpaired) electrons. The number of hydrogen-bond donors (Lipinski definition) is 1. The largest absolute Gasteiger partial charge is 0.496 e. The molecular weight excluding hydrogens is 440 g/mol. The highest BCUT2D eigenvalue weighted by Crippen LogP contribution is 2.34. The number of ether oxygens (including phenoxy) is 4. The first-order valence-electron chi connectivity index (χ1n) is 9.34. The average Bonchev–Trinajstić information content (AvgIpc) is 2.77. The van der Waals surface area contributed by atoms with Crippen LogP contribution in [-0.2, 0) is 19.6 Å². The molecule has 0 spiro atoms. The first-order chi connectivity index (χ1) is 15.1. The summed E-state index contributed by atoms with van der Waals surface area (Å²) in [7, 11) is 2.82. The van der Waals surface area contributed by atoms with E-state index in [2.05, 4.69) is 5.32 Å². The molecule has 0 saturated carbocycles. The number of amides is 1. The highest BCUT2D eigenvalue weighted by Gasteiger charge is 2.25. The van der Waals surface area contributed by atoms with Crippen LogP contribution in [0.3, 0.4) is 0 Å². The van der Waals surface area contributed by atoms with Crippen LogP contribution in [0.2, 0.25) is 0 Å². The lowest BCUT2D eigenvalue weighted by Crippen LogP contribution is -2.35. The topological polar surface area (TPSA) is 120 Å². The Hall–Kier alpha value is -3.31. The lowest BCUT2D eigenvalue weighted by molar-refractivity contribution is -0.116. The van der Waals surface area contributed by atoms with E-state index in [1.807, 2.05) is 0 Å². The van der Waals surface area contributed by atoms with Gasteiger partial charge in [0, 0.05) is 19.2 Å². The van der Waals surface area contributed by atoms with Crippen LogP contribution in [0.5, 0.6) is 17.2 Å². The van der Waals surface area contributed by atoms with Crippen LogP contribution in [0.4, 0.5) is 5.69 Å². The van der Waals surface area contributed by atoms with E-state index in [0.717, 1.165) is 4.31 Å². The molecule has 32 heavy (non-hydrogen) atoms. The molecule has 0 aliphatic carbocycles. The average molecular weight is 467 g/mol. The number of likely N-dealkylation sites (N-methyl/N-ethyl adjacent to an activating group) is 1. The maximum atomic E-state index is 12.9. The third-order valence-electron chi connectivity index (χ3n) is 4.64. The van der Waals surface area contributed by atoms with Crippen molar-refractivity contribution in [3.8, 4) is 17.2 Å². The summed E-state index contributed by atoms with van der Waals surface area (Å²) in [5.41, 5.74) is 0.750. The van der Waals surface area contributed by atoms with Crippen molar-refractivity contribution in [2.45, 2.75) is 11.8 Å². The molecule has 0 fully saturated rings. The maximum absolute atomic E-state index is 12.9. The first-order valence-corrected chi connectivity index (χ1v) is 10.8. The number of carbonyl (C=O) groups excluding carboxylic acids is 2. The van der Waals surface area contributed by atoms with Gasteiger partial charge >= 0.3 is 5.97 Å². The van der Waals surface area contributed by atoms with Crippen molar-refractivity contribution < 1.29 is 37.0 Å². The number of aryl methyl sites for hydroxylation is 1. The Morgan fingerprint density at radius 2 is 1.53 bits per heavy atom. The minimum Gasteiger partial charge on any atom is -0.496 e. The van der Waals surface area contributed by atoms with Gasteiger partial charge in [0.25, 0.3) is 0 Å². The number of carbonyl (C=O) groups is 2. The number of methoxy groups -OCH3 is 4. The standard InChI is InChI=1S/C21H26N2O8S/c1-13-9-14(7-8-17(13)28-3)32(26,27)23(2)12-20(24)22-16-11-19(30-5)18(29-4)10-15(16)21(25)31-6/h7-11H,12H2,1-6H3,(H,22,24). The number of benzene rings is 2. The summed E-state index contributed by atoms with van der Waals surface area (Å²) in [6.07, 6.45) is 0. The van der Waals surface area contributed by atoms with E-state index < -0.39 is 28.4 Å². The van der Waals surface area contributed by atoms with Crippen LogP contribution in [0.1, 0.15) is 15.9 Å². The Balaban J connectivity index is 2.28. The van der Waals surface area contributed by atoms with Gasteiger partial charge in [-0.3, -0.25) is 4.79 Å². The van der Waals surface area contributed by atoms with Gasteiger partial charge in [0.1, 0.15) is 5.75 Å². The predicted octanol–water partition coefficient (Wildman–Crippen LogP) is 2.07. The number of rotatable bonds is 9. The SMILES string of the molecule is COC(=O)c1cc(OC)c(OC)cc1NC(=O)CN(C)S(=O)(=O)c1ccc(OC)c(C)c1. The predicted molar refractivity (Wildman–Crippen MR) is 117 cm³/mol. The van der Waals surface area contributed by atoms with Gasteiger partial charge in [-0.25, -0.2) is 13.2 Å². The molecular formula is C21H26N2O8S. The van der Waals surface area contributed by atoms with E-state index in [1.165, 1.54) is 59.8 Å². The molecule has 1 amide bonds. The second-order valence-corrected chi connectivity index (χ2v) is 8.73. The molecule has 0 heterocycles. The van der Waals surface area contributed by atoms with Crippen molar-refractivity contribution in [3.63, 3.8) is 0 Å². The Labute approximate surface area is 187 Å². The summed E-state index contributed by atoms with van der Waals surface area (Å²) in [4.78, 5) is 24.8. The third kappa shape index (κ3) is 5.29.